The summed E-state index contributed by atoms with van der Waals surface area (Å²) < 4.78 is 5.25. The predicted molar refractivity (Wildman–Crippen MR) is 116 cm³/mol. The van der Waals surface area contributed by atoms with Crippen LogP contribution in [0.2, 0.25) is 0 Å². The molecule has 2 aliphatic rings. The van der Waals surface area contributed by atoms with Gasteiger partial charge >= 0.3 is 0 Å². The summed E-state index contributed by atoms with van der Waals surface area (Å²) in [6.45, 7) is 4.90. The molecule has 4 nitrogen and oxygen atoms in total. The largest absolute Gasteiger partial charge is 0.497 e. The summed E-state index contributed by atoms with van der Waals surface area (Å²) in [7, 11) is 1.66. The minimum atomic E-state index is -0.145. The number of amides is 1. The van der Waals surface area contributed by atoms with Crippen LogP contribution in [0.5, 0.6) is 5.75 Å². The molecule has 2 atom stereocenters. The van der Waals surface area contributed by atoms with E-state index in [0.29, 0.717) is 11.5 Å². The number of benzene rings is 1. The van der Waals surface area contributed by atoms with Gasteiger partial charge in [0.1, 0.15) is 5.75 Å². The molecule has 0 radical (unpaired) electrons. The number of piperidine rings is 1. The fourth-order valence-corrected chi connectivity index (χ4v) is 5.09. The Kier molecular flexibility index (Phi) is 6.69. The van der Waals surface area contributed by atoms with Crippen LogP contribution in [0.4, 0.5) is 0 Å². The number of thiophene rings is 1. The summed E-state index contributed by atoms with van der Waals surface area (Å²) in [4.78, 5) is 15.7. The first kappa shape index (κ1) is 21.2. The van der Waals surface area contributed by atoms with Gasteiger partial charge in [-0.15, -0.1) is 12.4 Å². The first-order chi connectivity index (χ1) is 13.1. The van der Waals surface area contributed by atoms with Crippen molar-refractivity contribution in [2.75, 3.05) is 20.2 Å². The molecule has 4 rings (SSSR count). The quantitative estimate of drug-likeness (QED) is 0.750. The van der Waals surface area contributed by atoms with Crippen molar-refractivity contribution < 1.29 is 9.53 Å². The summed E-state index contributed by atoms with van der Waals surface area (Å²) in [5.74, 6) is 0.921. The molecule has 2 unspecified atom stereocenters. The number of methoxy groups -OCH3 is 1. The van der Waals surface area contributed by atoms with Gasteiger partial charge in [-0.3, -0.25) is 4.79 Å². The van der Waals surface area contributed by atoms with Crippen LogP contribution in [0.1, 0.15) is 43.2 Å². The van der Waals surface area contributed by atoms with Crippen molar-refractivity contribution >= 4 is 29.7 Å². The van der Waals surface area contributed by atoms with E-state index in [4.69, 9.17) is 4.74 Å². The van der Waals surface area contributed by atoms with Crippen LogP contribution in [-0.4, -0.2) is 37.0 Å². The lowest BCUT2D eigenvalue weighted by molar-refractivity contribution is -0.134. The lowest BCUT2D eigenvalue weighted by atomic mass is 9.92. The minimum absolute atomic E-state index is 0. The van der Waals surface area contributed by atoms with E-state index in [9.17, 15) is 4.79 Å². The van der Waals surface area contributed by atoms with E-state index in [1.54, 1.807) is 18.4 Å². The molecule has 2 aromatic rings. The molecule has 0 bridgehead atoms. The van der Waals surface area contributed by atoms with E-state index in [1.165, 1.54) is 18.4 Å². The summed E-state index contributed by atoms with van der Waals surface area (Å²) >= 11 is 1.70. The number of hydrogen-bond acceptors (Lipinski definition) is 4. The van der Waals surface area contributed by atoms with Crippen LogP contribution in [0.15, 0.2) is 41.1 Å². The summed E-state index contributed by atoms with van der Waals surface area (Å²) in [5.41, 5.74) is 2.64. The fourth-order valence-electron chi connectivity index (χ4n) is 4.43. The molecular weight excluding hydrogens is 392 g/mol. The fraction of sp³-hybridized carbons (Fsp3) is 0.500. The Morgan fingerprint density at radius 3 is 2.61 bits per heavy atom. The number of carbonyl (C=O) groups excluding carboxylic acids is 1. The molecule has 152 valence electrons. The Morgan fingerprint density at radius 1 is 1.29 bits per heavy atom. The smallest absolute Gasteiger partial charge is 0.230 e. The number of hydrogen-bond donors (Lipinski definition) is 1. The van der Waals surface area contributed by atoms with Gasteiger partial charge in [-0.1, -0.05) is 12.1 Å². The van der Waals surface area contributed by atoms with Crippen LogP contribution in [0.3, 0.4) is 0 Å². The van der Waals surface area contributed by atoms with Crippen molar-refractivity contribution in [2.45, 2.75) is 44.7 Å². The third-order valence-corrected chi connectivity index (χ3v) is 7.06. The molecule has 2 heterocycles. The maximum Gasteiger partial charge on any atom is 0.230 e. The highest BCUT2D eigenvalue weighted by Gasteiger charge is 2.58. The zero-order valence-corrected chi connectivity index (χ0v) is 18.2. The number of halogens is 1. The highest BCUT2D eigenvalue weighted by molar-refractivity contribution is 7.07. The van der Waals surface area contributed by atoms with Gasteiger partial charge in [0.2, 0.25) is 5.91 Å². The first-order valence-electron chi connectivity index (χ1n) is 9.79. The molecule has 1 aliphatic heterocycles. The number of ether oxygens (including phenoxy) is 1. The second-order valence-electron chi connectivity index (χ2n) is 7.92. The van der Waals surface area contributed by atoms with Gasteiger partial charge < -0.3 is 15.0 Å². The van der Waals surface area contributed by atoms with Crippen molar-refractivity contribution in [3.8, 4) is 5.75 Å². The van der Waals surface area contributed by atoms with Crippen molar-refractivity contribution in [3.05, 3.63) is 52.2 Å². The normalized spacial score (nSPS) is 20.9. The highest BCUT2D eigenvalue weighted by atomic mass is 35.5. The van der Waals surface area contributed by atoms with E-state index in [2.05, 4.69) is 27.0 Å². The van der Waals surface area contributed by atoms with Crippen molar-refractivity contribution in [3.63, 3.8) is 0 Å². The minimum Gasteiger partial charge on any atom is -0.497 e. The summed E-state index contributed by atoms with van der Waals surface area (Å²) in [6.07, 6.45) is 3.52. The average Bonchev–Trinajstić information content (AvgIpc) is 3.14. The van der Waals surface area contributed by atoms with Crippen LogP contribution in [-0.2, 0) is 11.3 Å². The molecule has 1 amide bonds. The van der Waals surface area contributed by atoms with E-state index in [1.807, 2.05) is 31.2 Å². The van der Waals surface area contributed by atoms with Crippen LogP contribution >= 0.6 is 23.7 Å². The lowest BCUT2D eigenvalue weighted by Crippen LogP contribution is -2.40. The van der Waals surface area contributed by atoms with Crippen molar-refractivity contribution in [1.82, 2.24) is 10.2 Å². The monoisotopic (exact) mass is 420 g/mol. The van der Waals surface area contributed by atoms with E-state index in [0.717, 1.165) is 37.4 Å². The topological polar surface area (TPSA) is 41.6 Å². The third kappa shape index (κ3) is 4.22. The van der Waals surface area contributed by atoms with Crippen LogP contribution < -0.4 is 10.1 Å². The Morgan fingerprint density at radius 2 is 2.00 bits per heavy atom. The first-order valence-corrected chi connectivity index (χ1v) is 10.7. The summed E-state index contributed by atoms with van der Waals surface area (Å²) in [6, 6.07) is 10.4. The van der Waals surface area contributed by atoms with E-state index < -0.39 is 0 Å². The molecule has 1 saturated carbocycles. The SMILES string of the molecule is COc1ccc(C(C)C(=O)N(Cc2ccsc2)C2CC23CCNCC3)cc1.Cl. The van der Waals surface area contributed by atoms with Gasteiger partial charge in [0.25, 0.3) is 0 Å². The lowest BCUT2D eigenvalue weighted by Gasteiger charge is -2.31. The van der Waals surface area contributed by atoms with Gasteiger partial charge in [0.05, 0.1) is 13.0 Å². The molecule has 28 heavy (non-hydrogen) atoms. The molecule has 2 fully saturated rings. The number of rotatable bonds is 6. The molecule has 1 aliphatic carbocycles. The number of nitrogens with one attached hydrogen (secondary N) is 1. The molecule has 1 N–H and O–H groups in total. The van der Waals surface area contributed by atoms with Crippen LogP contribution in [0, 0.1) is 5.41 Å². The van der Waals surface area contributed by atoms with Gasteiger partial charge in [-0.05, 0) is 84.8 Å². The Labute approximate surface area is 177 Å². The third-order valence-electron chi connectivity index (χ3n) is 6.32. The molecule has 1 aromatic carbocycles. The Balaban J connectivity index is 0.00000225. The maximum absolute atomic E-state index is 13.5. The highest BCUT2D eigenvalue weighted by Crippen LogP contribution is 2.56. The number of carbonyl (C=O) groups is 1. The second-order valence-corrected chi connectivity index (χ2v) is 8.70. The van der Waals surface area contributed by atoms with E-state index >= 15 is 0 Å². The molecule has 1 aromatic heterocycles. The van der Waals surface area contributed by atoms with Crippen LogP contribution in [0.25, 0.3) is 0 Å². The maximum atomic E-state index is 13.5. The zero-order chi connectivity index (χ0) is 18.9. The van der Waals surface area contributed by atoms with Crippen molar-refractivity contribution in [2.24, 2.45) is 5.41 Å². The molecule has 6 heteroatoms. The summed E-state index contributed by atoms with van der Waals surface area (Å²) in [5, 5.41) is 7.72. The Hall–Kier alpha value is -1.56. The molecule has 1 spiro atoms. The average molecular weight is 421 g/mol. The van der Waals surface area contributed by atoms with Gasteiger partial charge in [-0.2, -0.15) is 11.3 Å². The van der Waals surface area contributed by atoms with Crippen molar-refractivity contribution in [1.29, 1.82) is 0 Å². The zero-order valence-electron chi connectivity index (χ0n) is 16.5. The van der Waals surface area contributed by atoms with Gasteiger partial charge in [0, 0.05) is 12.6 Å². The van der Waals surface area contributed by atoms with Gasteiger partial charge in [0.15, 0.2) is 0 Å². The predicted octanol–water partition coefficient (Wildman–Crippen LogP) is 4.45. The Bertz CT molecular complexity index is 772. The molecule has 1 saturated heterocycles. The van der Waals surface area contributed by atoms with E-state index in [-0.39, 0.29) is 24.2 Å². The van der Waals surface area contributed by atoms with Gasteiger partial charge in [-0.25, -0.2) is 0 Å². The number of nitrogens with zero attached hydrogens (tertiary/aromatic N) is 1. The second kappa shape index (κ2) is 8.85. The molecular formula is C22H29ClN2O2S. The standard InChI is InChI=1S/C22H28N2O2S.ClH/c1-16(18-3-5-19(26-2)6-4-18)21(25)24(14-17-7-12-27-15-17)20-13-22(20)8-10-23-11-9-22;/h3-7,12,15-16,20,23H,8-11,13-14H2,1-2H3;1H.